The Bertz CT molecular complexity index is 665. The lowest BCUT2D eigenvalue weighted by Crippen LogP contribution is -1.96. The first-order valence-electron chi connectivity index (χ1n) is 17.6. The van der Waals surface area contributed by atoms with E-state index in [2.05, 4.69) is 50.8 Å². The average molecular weight is 573 g/mol. The van der Waals surface area contributed by atoms with E-state index in [1.165, 1.54) is 116 Å². The molecule has 0 aromatic rings. The highest BCUT2D eigenvalue weighted by atomic mass is 16.4. The van der Waals surface area contributed by atoms with E-state index >= 15 is 0 Å². The number of aliphatic carboxylic acids is 1. The van der Waals surface area contributed by atoms with Gasteiger partial charge in [0, 0.05) is 25.7 Å². The fourth-order valence-electron chi connectivity index (χ4n) is 4.61. The van der Waals surface area contributed by atoms with Gasteiger partial charge in [0.1, 0.15) is 5.78 Å². The maximum atomic E-state index is 11.7. The van der Waals surface area contributed by atoms with Crippen LogP contribution in [0.1, 0.15) is 194 Å². The van der Waals surface area contributed by atoms with E-state index < -0.39 is 5.97 Å². The summed E-state index contributed by atoms with van der Waals surface area (Å²) in [6, 6.07) is 0. The molecule has 0 aromatic carbocycles. The summed E-state index contributed by atoms with van der Waals surface area (Å²) in [5, 5.41) is 8.50. The van der Waals surface area contributed by atoms with Gasteiger partial charge >= 0.3 is 5.97 Å². The highest BCUT2D eigenvalue weighted by molar-refractivity contribution is 5.78. The summed E-state index contributed by atoms with van der Waals surface area (Å²) in [4.78, 5) is 22.0. The van der Waals surface area contributed by atoms with Crippen molar-refractivity contribution in [3.05, 3.63) is 24.3 Å². The van der Waals surface area contributed by atoms with Gasteiger partial charge in [0.15, 0.2) is 0 Å². The molecule has 3 heteroatoms. The molecule has 0 aliphatic rings. The van der Waals surface area contributed by atoms with Gasteiger partial charge in [-0.1, -0.05) is 154 Å². The molecule has 0 atom stereocenters. The molecule has 3 nitrogen and oxygen atoms in total. The summed E-state index contributed by atoms with van der Waals surface area (Å²) in [6.45, 7) is 6.61. The lowest BCUT2D eigenvalue weighted by molar-refractivity contribution is -0.137. The molecule has 0 unspecified atom stereocenters. The van der Waals surface area contributed by atoms with Gasteiger partial charge in [-0.05, 0) is 51.0 Å². The first-order valence-corrected chi connectivity index (χ1v) is 17.6. The summed E-state index contributed by atoms with van der Waals surface area (Å²) in [7, 11) is 0. The highest BCUT2D eigenvalue weighted by Gasteiger charge is 2.00. The van der Waals surface area contributed by atoms with E-state index in [4.69, 9.17) is 5.11 Å². The topological polar surface area (TPSA) is 54.4 Å². The van der Waals surface area contributed by atoms with Crippen molar-refractivity contribution in [2.45, 2.75) is 194 Å². The molecule has 0 aliphatic carbocycles. The summed E-state index contributed by atoms with van der Waals surface area (Å²) in [6.07, 6.45) is 39.7. The van der Waals surface area contributed by atoms with E-state index in [1.807, 2.05) is 6.08 Å². The zero-order valence-electron chi connectivity index (χ0n) is 27.7. The number of allylic oxidation sites excluding steroid dienone is 4. The third kappa shape index (κ3) is 42.8. The van der Waals surface area contributed by atoms with Crippen molar-refractivity contribution in [2.24, 2.45) is 0 Å². The van der Waals surface area contributed by atoms with Gasteiger partial charge in [-0.3, -0.25) is 9.59 Å². The van der Waals surface area contributed by atoms with Crippen molar-refractivity contribution in [3.63, 3.8) is 0 Å². The van der Waals surface area contributed by atoms with Crippen LogP contribution in [0.4, 0.5) is 0 Å². The molecule has 238 valence electrons. The number of carbonyl (C=O) groups is 2. The molecule has 0 rings (SSSR count). The third-order valence-electron chi connectivity index (χ3n) is 7.27. The summed E-state index contributed by atoms with van der Waals surface area (Å²) in [5.74, 6) is 6.01. The molecule has 41 heavy (non-hydrogen) atoms. The molecule has 0 aliphatic heterocycles. The van der Waals surface area contributed by atoms with E-state index in [1.54, 1.807) is 0 Å². The lowest BCUT2D eigenvalue weighted by atomic mass is 10.0. The molecule has 0 amide bonds. The number of hydrogen-bond donors (Lipinski definition) is 1. The number of hydrogen-bond acceptors (Lipinski definition) is 2. The summed E-state index contributed by atoms with van der Waals surface area (Å²) in [5.41, 5.74) is 0. The van der Waals surface area contributed by atoms with Crippen LogP contribution in [0.5, 0.6) is 0 Å². The SMILES string of the molecule is CC/C=C\C#CCCCCCCCCCCCC(=O)O.CCCCCC/C=C\CCC(=O)CCCCCCCCC. The fraction of sp³-hybridized carbons (Fsp3) is 0.789. The van der Waals surface area contributed by atoms with Crippen molar-refractivity contribution in [3.8, 4) is 11.8 Å². The number of carboxylic acids is 1. The predicted molar refractivity (Wildman–Crippen MR) is 180 cm³/mol. The number of unbranched alkanes of at least 4 members (excludes halogenated alkanes) is 19. The molecule has 0 heterocycles. The van der Waals surface area contributed by atoms with Gasteiger partial charge in [0.2, 0.25) is 0 Å². The quantitative estimate of drug-likeness (QED) is 0.0576. The van der Waals surface area contributed by atoms with Crippen molar-refractivity contribution in [2.75, 3.05) is 0 Å². The number of carboxylic acid groups (broad SMARTS) is 1. The van der Waals surface area contributed by atoms with Crippen LogP contribution in [0.2, 0.25) is 0 Å². The molecular formula is C38H68O3. The molecular weight excluding hydrogens is 504 g/mol. The second-order valence-corrected chi connectivity index (χ2v) is 11.5. The minimum absolute atomic E-state index is 0.328. The minimum Gasteiger partial charge on any atom is -0.481 e. The van der Waals surface area contributed by atoms with E-state index in [0.29, 0.717) is 12.2 Å². The molecule has 0 aromatic heterocycles. The smallest absolute Gasteiger partial charge is 0.303 e. The molecule has 0 bridgehead atoms. The fourth-order valence-corrected chi connectivity index (χ4v) is 4.61. The monoisotopic (exact) mass is 573 g/mol. The van der Waals surface area contributed by atoms with Gasteiger partial charge in [0.25, 0.3) is 0 Å². The normalized spacial score (nSPS) is 10.9. The van der Waals surface area contributed by atoms with Crippen LogP contribution in [0, 0.1) is 11.8 Å². The Hall–Kier alpha value is -1.82. The lowest BCUT2D eigenvalue weighted by Gasteiger charge is -2.01. The standard InChI is InChI=1S/C20H38O.C18H30O2/c1-3-5-7-9-11-13-15-17-19-20(21)18-16-14-12-10-8-6-4-2;1-2-3-4-5-6-7-8-9-10-11-12-13-14-15-16-17-18(19)20/h13,15H,3-12,14,16-19H2,1-2H3;3-4H,2,7-17H2,1H3,(H,19,20)/b15-13-;4-3-. The number of rotatable bonds is 28. The van der Waals surface area contributed by atoms with Crippen LogP contribution in [0.3, 0.4) is 0 Å². The van der Waals surface area contributed by atoms with Crippen molar-refractivity contribution < 1.29 is 14.7 Å². The Morgan fingerprint density at radius 3 is 1.59 bits per heavy atom. The van der Waals surface area contributed by atoms with E-state index in [9.17, 15) is 9.59 Å². The predicted octanol–water partition coefficient (Wildman–Crippen LogP) is 12.3. The van der Waals surface area contributed by atoms with Gasteiger partial charge in [-0.15, -0.1) is 0 Å². The Balaban J connectivity index is 0. The Labute approximate surface area is 256 Å². The number of ketones is 1. The van der Waals surface area contributed by atoms with Crippen LogP contribution in [0.25, 0.3) is 0 Å². The summed E-state index contributed by atoms with van der Waals surface area (Å²) < 4.78 is 0. The van der Waals surface area contributed by atoms with Gasteiger partial charge < -0.3 is 5.11 Å². The maximum Gasteiger partial charge on any atom is 0.303 e. The minimum atomic E-state index is -0.668. The first-order chi connectivity index (χ1) is 20.1. The highest BCUT2D eigenvalue weighted by Crippen LogP contribution is 2.12. The van der Waals surface area contributed by atoms with Crippen LogP contribution in [-0.4, -0.2) is 16.9 Å². The zero-order valence-corrected chi connectivity index (χ0v) is 27.7. The molecule has 0 saturated carbocycles. The van der Waals surface area contributed by atoms with Gasteiger partial charge in [0.05, 0.1) is 0 Å². The second kappa shape index (κ2) is 38.2. The molecule has 0 radical (unpaired) electrons. The van der Waals surface area contributed by atoms with Crippen molar-refractivity contribution in [1.29, 1.82) is 0 Å². The third-order valence-corrected chi connectivity index (χ3v) is 7.27. The largest absolute Gasteiger partial charge is 0.481 e. The van der Waals surface area contributed by atoms with Gasteiger partial charge in [-0.2, -0.15) is 0 Å². The van der Waals surface area contributed by atoms with Crippen molar-refractivity contribution >= 4 is 11.8 Å². The van der Waals surface area contributed by atoms with Crippen LogP contribution in [-0.2, 0) is 9.59 Å². The maximum absolute atomic E-state index is 11.7. The van der Waals surface area contributed by atoms with E-state index in [-0.39, 0.29) is 0 Å². The second-order valence-electron chi connectivity index (χ2n) is 11.5. The van der Waals surface area contributed by atoms with Gasteiger partial charge in [-0.25, -0.2) is 0 Å². The van der Waals surface area contributed by atoms with Crippen LogP contribution in [0.15, 0.2) is 24.3 Å². The average Bonchev–Trinajstić information content (AvgIpc) is 2.96. The Kier molecular flexibility index (Phi) is 38.5. The van der Waals surface area contributed by atoms with Crippen LogP contribution < -0.4 is 0 Å². The Morgan fingerprint density at radius 1 is 0.537 bits per heavy atom. The molecule has 0 spiro atoms. The molecule has 0 saturated heterocycles. The van der Waals surface area contributed by atoms with Crippen LogP contribution >= 0.6 is 0 Å². The van der Waals surface area contributed by atoms with Crippen molar-refractivity contribution in [1.82, 2.24) is 0 Å². The Morgan fingerprint density at radius 2 is 1.02 bits per heavy atom. The summed E-state index contributed by atoms with van der Waals surface area (Å²) >= 11 is 0. The number of Topliss-reactive ketones (excluding diaryl/α,β-unsaturated/α-hetero) is 1. The van der Waals surface area contributed by atoms with E-state index in [0.717, 1.165) is 51.4 Å². The zero-order chi connectivity index (χ0) is 30.5. The number of carbonyl (C=O) groups excluding carboxylic acids is 1. The first kappa shape index (κ1) is 41.3. The molecule has 1 N–H and O–H groups in total. The molecule has 0 fully saturated rings.